The molecule has 42 heavy (non-hydrogen) atoms. The highest BCUT2D eigenvalue weighted by molar-refractivity contribution is 6.36. The first-order valence-corrected chi connectivity index (χ1v) is 14.6. The lowest BCUT2D eigenvalue weighted by Gasteiger charge is -2.46. The second-order valence-electron chi connectivity index (χ2n) is 11.4. The number of fused-ring (bicyclic) bond motifs is 2. The van der Waals surface area contributed by atoms with E-state index >= 15 is 4.39 Å². The minimum atomic E-state index is -2.77. The second-order valence-corrected chi connectivity index (χ2v) is 11.8. The molecule has 2 saturated heterocycles. The van der Waals surface area contributed by atoms with E-state index in [4.69, 9.17) is 26.1 Å². The molecule has 3 aliphatic heterocycles. The van der Waals surface area contributed by atoms with Crippen LogP contribution in [0.1, 0.15) is 26.2 Å². The van der Waals surface area contributed by atoms with Crippen molar-refractivity contribution in [3.8, 4) is 23.1 Å². The van der Waals surface area contributed by atoms with Crippen molar-refractivity contribution in [2.45, 2.75) is 43.8 Å². The highest BCUT2D eigenvalue weighted by Gasteiger charge is 2.60. The van der Waals surface area contributed by atoms with Gasteiger partial charge in [-0.15, -0.1) is 0 Å². The number of hydrogen-bond acceptors (Lipinski definition) is 8. The molecular weight excluding hydrogens is 569 g/mol. The Balaban J connectivity index is 1.38. The Labute approximate surface area is 245 Å². The quantitative estimate of drug-likeness (QED) is 0.311. The van der Waals surface area contributed by atoms with E-state index in [-0.39, 0.29) is 48.8 Å². The Morgan fingerprint density at radius 1 is 1.10 bits per heavy atom. The molecule has 2 fully saturated rings. The average molecular weight is 599 g/mol. The number of pyridine rings is 1. The van der Waals surface area contributed by atoms with Crippen molar-refractivity contribution < 1.29 is 22.6 Å². The molecule has 2 N–H and O–H groups in total. The minimum Gasteiger partial charge on any atom is -0.474 e. The molecule has 5 heterocycles. The highest BCUT2D eigenvalue weighted by atomic mass is 35.5. The maximum Gasteiger partial charge on any atom is 0.319 e. The Morgan fingerprint density at radius 2 is 1.93 bits per heavy atom. The van der Waals surface area contributed by atoms with E-state index in [1.807, 2.05) is 31.2 Å². The standard InChI is InChI=1S/C30H30ClF3N6O2/c1-17-8-10-35-11-12-36-26-22-25(38-28(39-26)41-16-29-9-13-40(29)15-30(33,34)14-29)23(32)24(37-27(22)42-17)19-6-2-4-18-5-3-7-20(31)21(18)19/h2-7,17,35H,8-16H2,1H3,(H,36,38,39)/t17-,29+/m0/s1. The lowest BCUT2D eigenvalue weighted by Crippen LogP contribution is -2.59. The van der Waals surface area contributed by atoms with Crippen LogP contribution in [0.5, 0.6) is 11.9 Å². The molecule has 220 valence electrons. The maximum atomic E-state index is 16.6. The van der Waals surface area contributed by atoms with Crippen molar-refractivity contribution in [2.75, 3.05) is 44.6 Å². The molecule has 0 spiro atoms. The van der Waals surface area contributed by atoms with Crippen LogP contribution in [0.2, 0.25) is 5.02 Å². The van der Waals surface area contributed by atoms with E-state index in [1.165, 1.54) is 0 Å². The first-order chi connectivity index (χ1) is 20.2. The normalized spacial score (nSPS) is 23.9. The Hall–Kier alpha value is -3.41. The van der Waals surface area contributed by atoms with Crippen LogP contribution >= 0.6 is 11.6 Å². The Kier molecular flexibility index (Phi) is 6.79. The molecule has 2 aromatic heterocycles. The fourth-order valence-corrected chi connectivity index (χ4v) is 6.56. The summed E-state index contributed by atoms with van der Waals surface area (Å²) in [4.78, 5) is 15.5. The van der Waals surface area contributed by atoms with Crippen molar-refractivity contribution >= 4 is 39.1 Å². The molecule has 7 rings (SSSR count). The van der Waals surface area contributed by atoms with Crippen LogP contribution in [-0.4, -0.2) is 76.7 Å². The Bertz CT molecular complexity index is 1690. The maximum absolute atomic E-state index is 16.6. The predicted octanol–water partition coefficient (Wildman–Crippen LogP) is 5.67. The van der Waals surface area contributed by atoms with Crippen LogP contribution < -0.4 is 20.1 Å². The summed E-state index contributed by atoms with van der Waals surface area (Å²) < 4.78 is 57.4. The first kappa shape index (κ1) is 27.4. The summed E-state index contributed by atoms with van der Waals surface area (Å²) in [6, 6.07) is 10.9. The third-order valence-electron chi connectivity index (χ3n) is 8.47. The van der Waals surface area contributed by atoms with Gasteiger partial charge >= 0.3 is 6.01 Å². The van der Waals surface area contributed by atoms with E-state index < -0.39 is 17.3 Å². The number of nitrogens with one attached hydrogen (secondary N) is 2. The zero-order valence-corrected chi connectivity index (χ0v) is 23.8. The van der Waals surface area contributed by atoms with Gasteiger partial charge in [0.05, 0.1) is 18.2 Å². The van der Waals surface area contributed by atoms with Crippen molar-refractivity contribution in [2.24, 2.45) is 0 Å². The molecule has 12 heteroatoms. The first-order valence-electron chi connectivity index (χ1n) is 14.2. The smallest absolute Gasteiger partial charge is 0.319 e. The molecule has 0 radical (unpaired) electrons. The molecule has 0 bridgehead atoms. The van der Waals surface area contributed by atoms with E-state index in [0.29, 0.717) is 59.7 Å². The van der Waals surface area contributed by atoms with Crippen molar-refractivity contribution in [1.82, 2.24) is 25.2 Å². The van der Waals surface area contributed by atoms with Crippen molar-refractivity contribution in [1.29, 1.82) is 0 Å². The van der Waals surface area contributed by atoms with Gasteiger partial charge in [-0.25, -0.2) is 18.2 Å². The highest BCUT2D eigenvalue weighted by Crippen LogP contribution is 2.48. The van der Waals surface area contributed by atoms with Crippen LogP contribution in [0.4, 0.5) is 19.0 Å². The number of hydrogen-bond donors (Lipinski definition) is 2. The number of alkyl halides is 2. The summed E-state index contributed by atoms with van der Waals surface area (Å²) in [7, 11) is 0. The van der Waals surface area contributed by atoms with Gasteiger partial charge in [0.1, 0.15) is 29.0 Å². The lowest BCUT2D eigenvalue weighted by atomic mass is 9.85. The fourth-order valence-electron chi connectivity index (χ4n) is 6.28. The molecule has 2 atom stereocenters. The van der Waals surface area contributed by atoms with Crippen LogP contribution in [0.3, 0.4) is 0 Å². The van der Waals surface area contributed by atoms with Crippen LogP contribution in [-0.2, 0) is 0 Å². The molecule has 0 saturated carbocycles. The molecule has 3 aliphatic rings. The van der Waals surface area contributed by atoms with Gasteiger partial charge in [-0.3, -0.25) is 4.90 Å². The van der Waals surface area contributed by atoms with Gasteiger partial charge in [-0.2, -0.15) is 9.97 Å². The summed E-state index contributed by atoms with van der Waals surface area (Å²) in [5.41, 5.74) is -0.283. The second kappa shape index (κ2) is 10.4. The SMILES string of the molecule is C[C@H]1CCNCCNc2nc(OC[C@]34CCN3CC(F)(F)C4)nc3c(F)c(-c4cccc5cccc(Cl)c45)nc(c23)O1. The van der Waals surface area contributed by atoms with Gasteiger partial charge in [0.25, 0.3) is 5.92 Å². The van der Waals surface area contributed by atoms with Crippen LogP contribution in [0.15, 0.2) is 36.4 Å². The monoisotopic (exact) mass is 598 g/mol. The minimum absolute atomic E-state index is 0.0199. The van der Waals surface area contributed by atoms with E-state index in [0.717, 1.165) is 11.9 Å². The fraction of sp³-hybridized carbons (Fsp3) is 0.433. The Morgan fingerprint density at radius 3 is 2.71 bits per heavy atom. The number of aromatic nitrogens is 3. The van der Waals surface area contributed by atoms with Gasteiger partial charge in [0, 0.05) is 42.0 Å². The van der Waals surface area contributed by atoms with Crippen molar-refractivity contribution in [3.63, 3.8) is 0 Å². The zero-order valence-electron chi connectivity index (χ0n) is 23.0. The van der Waals surface area contributed by atoms with Crippen LogP contribution in [0.25, 0.3) is 32.9 Å². The van der Waals surface area contributed by atoms with Gasteiger partial charge in [0.2, 0.25) is 5.88 Å². The summed E-state index contributed by atoms with van der Waals surface area (Å²) in [5.74, 6) is -2.97. The number of benzene rings is 2. The molecule has 0 unspecified atom stereocenters. The number of nitrogens with zero attached hydrogens (tertiary/aromatic N) is 4. The van der Waals surface area contributed by atoms with Crippen LogP contribution in [0, 0.1) is 5.82 Å². The zero-order chi connectivity index (χ0) is 29.1. The summed E-state index contributed by atoms with van der Waals surface area (Å²) in [6.45, 7) is 4.06. The number of ether oxygens (including phenoxy) is 2. The summed E-state index contributed by atoms with van der Waals surface area (Å²) in [5, 5.41) is 8.84. The van der Waals surface area contributed by atoms with E-state index in [1.54, 1.807) is 17.0 Å². The molecular formula is C30H30ClF3N6O2. The number of rotatable bonds is 4. The van der Waals surface area contributed by atoms with Gasteiger partial charge in [0.15, 0.2) is 5.82 Å². The molecule has 2 aromatic carbocycles. The molecule has 0 amide bonds. The van der Waals surface area contributed by atoms with Gasteiger partial charge in [-0.05, 0) is 37.8 Å². The topological polar surface area (TPSA) is 84.4 Å². The molecule has 4 aromatic rings. The third kappa shape index (κ3) is 4.77. The van der Waals surface area contributed by atoms with Crippen molar-refractivity contribution in [3.05, 3.63) is 47.2 Å². The summed E-state index contributed by atoms with van der Waals surface area (Å²) >= 11 is 6.60. The lowest BCUT2D eigenvalue weighted by molar-refractivity contribution is -0.0132. The average Bonchev–Trinajstić information content (AvgIpc) is 3.12. The molecule has 8 nitrogen and oxygen atoms in total. The van der Waals surface area contributed by atoms with Gasteiger partial charge < -0.3 is 20.1 Å². The number of halogens is 4. The third-order valence-corrected chi connectivity index (χ3v) is 8.79. The predicted molar refractivity (Wildman–Crippen MR) is 155 cm³/mol. The largest absolute Gasteiger partial charge is 0.474 e. The van der Waals surface area contributed by atoms with Gasteiger partial charge in [-0.1, -0.05) is 41.9 Å². The molecule has 0 aliphatic carbocycles. The van der Waals surface area contributed by atoms with E-state index in [9.17, 15) is 8.78 Å². The number of anilines is 1. The summed E-state index contributed by atoms with van der Waals surface area (Å²) in [6.07, 6.45) is 0.769. The van der Waals surface area contributed by atoms with E-state index in [2.05, 4.69) is 20.6 Å².